The van der Waals surface area contributed by atoms with Gasteiger partial charge in [-0.05, 0) is 12.8 Å². The van der Waals surface area contributed by atoms with Gasteiger partial charge in [-0.2, -0.15) is 0 Å². The number of hydrogen-bond donors (Lipinski definition) is 1. The molecular formula is C7H15NO2. The van der Waals surface area contributed by atoms with E-state index in [1.165, 1.54) is 0 Å². The van der Waals surface area contributed by atoms with Crippen molar-refractivity contribution in [2.45, 2.75) is 32.3 Å². The van der Waals surface area contributed by atoms with Gasteiger partial charge in [-0.25, -0.2) is 4.79 Å². The van der Waals surface area contributed by atoms with Gasteiger partial charge >= 0.3 is 6.09 Å². The first-order valence-corrected chi connectivity index (χ1v) is 3.77. The van der Waals surface area contributed by atoms with Gasteiger partial charge in [-0.3, -0.25) is 0 Å². The van der Waals surface area contributed by atoms with E-state index in [1.807, 2.05) is 0 Å². The predicted molar refractivity (Wildman–Crippen MR) is 39.9 cm³/mol. The van der Waals surface area contributed by atoms with Crippen molar-refractivity contribution >= 4 is 6.09 Å². The van der Waals surface area contributed by atoms with Crippen LogP contribution < -0.4 is 5.32 Å². The van der Waals surface area contributed by atoms with Gasteiger partial charge in [0.25, 0.3) is 0 Å². The van der Waals surface area contributed by atoms with Crippen molar-refractivity contribution in [3.63, 3.8) is 0 Å². The normalized spacial score (nSPS) is 24.1. The summed E-state index contributed by atoms with van der Waals surface area (Å²) in [5.74, 6) is 0. The molecular weight excluding hydrogens is 130 g/mol. The third kappa shape index (κ3) is 1.90. The van der Waals surface area contributed by atoms with E-state index >= 15 is 0 Å². The average molecular weight is 145 g/mol. The lowest BCUT2D eigenvalue weighted by molar-refractivity contribution is 0.134. The maximum atomic E-state index is 10.5. The van der Waals surface area contributed by atoms with E-state index in [1.54, 1.807) is 0 Å². The summed E-state index contributed by atoms with van der Waals surface area (Å²) in [6.07, 6.45) is 3.16. The molecule has 3 nitrogen and oxygen atoms in total. The number of nitrogens with one attached hydrogen (secondary N) is 1. The number of amides is 1. The largest absolute Gasteiger partial charge is 0.444 e. The lowest BCUT2D eigenvalue weighted by Gasteiger charge is -2.04. The number of rotatable bonds is 3. The standard InChI is InChI=1S/C7H13NO2.H2/c1-2-3-4-6-5-8-7(9)10-6;/h6H,2-5H2,1H3,(H,8,9);1H/t6-;/m0./s1. The molecule has 0 aliphatic carbocycles. The summed E-state index contributed by atoms with van der Waals surface area (Å²) >= 11 is 0. The van der Waals surface area contributed by atoms with Gasteiger partial charge in [0.15, 0.2) is 0 Å². The van der Waals surface area contributed by atoms with Crippen LogP contribution in [-0.2, 0) is 4.74 Å². The topological polar surface area (TPSA) is 38.3 Å². The predicted octanol–water partition coefficient (Wildman–Crippen LogP) is 1.53. The highest BCUT2D eigenvalue weighted by Gasteiger charge is 2.20. The molecule has 0 aromatic rings. The fourth-order valence-electron chi connectivity index (χ4n) is 1.02. The van der Waals surface area contributed by atoms with E-state index in [2.05, 4.69) is 12.2 Å². The highest BCUT2D eigenvalue weighted by molar-refractivity contribution is 5.69. The van der Waals surface area contributed by atoms with Gasteiger partial charge in [0.1, 0.15) is 6.10 Å². The SMILES string of the molecule is CCCC[C@H]1CNC(=O)O1.[HH]. The molecule has 0 aromatic carbocycles. The molecule has 1 amide bonds. The van der Waals surface area contributed by atoms with Crippen LogP contribution in [0.1, 0.15) is 27.6 Å². The Kier molecular flexibility index (Phi) is 2.54. The Bertz CT molecular complexity index is 130. The minimum atomic E-state index is -0.263. The summed E-state index contributed by atoms with van der Waals surface area (Å²) < 4.78 is 4.91. The molecule has 10 heavy (non-hydrogen) atoms. The first-order chi connectivity index (χ1) is 4.83. The van der Waals surface area contributed by atoms with Crippen LogP contribution >= 0.6 is 0 Å². The monoisotopic (exact) mass is 145 g/mol. The Labute approximate surface area is 62.2 Å². The van der Waals surface area contributed by atoms with E-state index in [4.69, 9.17) is 4.74 Å². The third-order valence-electron chi connectivity index (χ3n) is 1.63. The Balaban J connectivity index is 0.000001000. The zero-order valence-corrected chi connectivity index (χ0v) is 6.22. The molecule has 0 spiro atoms. The molecule has 1 atom stereocenters. The van der Waals surface area contributed by atoms with Crippen LogP contribution in [0.25, 0.3) is 0 Å². The summed E-state index contributed by atoms with van der Waals surface area (Å²) in [5.41, 5.74) is 0. The summed E-state index contributed by atoms with van der Waals surface area (Å²) in [6.45, 7) is 2.82. The summed E-state index contributed by atoms with van der Waals surface area (Å²) in [5, 5.41) is 2.62. The Morgan fingerprint density at radius 3 is 3.20 bits per heavy atom. The van der Waals surface area contributed by atoms with Gasteiger partial charge in [0.2, 0.25) is 0 Å². The number of carbonyl (C=O) groups excluding carboxylic acids is 1. The highest BCUT2D eigenvalue weighted by atomic mass is 16.6. The first kappa shape index (κ1) is 7.38. The van der Waals surface area contributed by atoms with E-state index < -0.39 is 0 Å². The fourth-order valence-corrected chi connectivity index (χ4v) is 1.02. The smallest absolute Gasteiger partial charge is 0.407 e. The first-order valence-electron chi connectivity index (χ1n) is 3.77. The maximum Gasteiger partial charge on any atom is 0.407 e. The highest BCUT2D eigenvalue weighted by Crippen LogP contribution is 2.08. The van der Waals surface area contributed by atoms with Crippen LogP contribution in [0.4, 0.5) is 4.79 Å². The molecule has 1 aliphatic heterocycles. The molecule has 3 heteroatoms. The van der Waals surface area contributed by atoms with Crippen LogP contribution in [0.3, 0.4) is 0 Å². The van der Waals surface area contributed by atoms with Crippen LogP contribution in [0.15, 0.2) is 0 Å². The number of carbonyl (C=O) groups is 1. The zero-order valence-electron chi connectivity index (χ0n) is 6.22. The summed E-state index contributed by atoms with van der Waals surface area (Å²) in [7, 11) is 0. The number of cyclic esters (lactones) is 1. The molecule has 0 bridgehead atoms. The Morgan fingerprint density at radius 1 is 1.90 bits per heavy atom. The van der Waals surface area contributed by atoms with Crippen LogP contribution in [0.5, 0.6) is 0 Å². The number of alkyl carbamates (subject to hydrolysis) is 1. The van der Waals surface area contributed by atoms with Crippen molar-refractivity contribution in [3.8, 4) is 0 Å². The van der Waals surface area contributed by atoms with Crippen molar-refractivity contribution in [1.29, 1.82) is 0 Å². The molecule has 0 unspecified atom stereocenters. The van der Waals surface area contributed by atoms with E-state index in [-0.39, 0.29) is 13.6 Å². The van der Waals surface area contributed by atoms with Crippen molar-refractivity contribution in [1.82, 2.24) is 5.32 Å². The van der Waals surface area contributed by atoms with Crippen molar-refractivity contribution < 1.29 is 11.0 Å². The molecule has 1 saturated heterocycles. The van der Waals surface area contributed by atoms with Gasteiger partial charge in [-0.15, -0.1) is 0 Å². The molecule has 0 radical (unpaired) electrons. The molecule has 1 N–H and O–H groups in total. The minimum absolute atomic E-state index is 0. The number of unbranched alkanes of at least 4 members (excludes halogenated alkanes) is 1. The lowest BCUT2D eigenvalue weighted by Crippen LogP contribution is -2.14. The van der Waals surface area contributed by atoms with Crippen molar-refractivity contribution in [3.05, 3.63) is 0 Å². The fraction of sp³-hybridized carbons (Fsp3) is 0.857. The van der Waals surface area contributed by atoms with Gasteiger partial charge in [0, 0.05) is 1.43 Å². The second-order valence-electron chi connectivity index (χ2n) is 2.55. The average Bonchev–Trinajstić information content (AvgIpc) is 2.31. The minimum Gasteiger partial charge on any atom is -0.444 e. The third-order valence-corrected chi connectivity index (χ3v) is 1.63. The quantitative estimate of drug-likeness (QED) is 0.654. The zero-order chi connectivity index (χ0) is 7.40. The van der Waals surface area contributed by atoms with Crippen molar-refractivity contribution in [2.24, 2.45) is 0 Å². The summed E-state index contributed by atoms with van der Waals surface area (Å²) in [6, 6.07) is 0. The van der Waals surface area contributed by atoms with Gasteiger partial charge in [0.05, 0.1) is 6.54 Å². The van der Waals surface area contributed by atoms with Gasteiger partial charge in [-0.1, -0.05) is 13.3 Å². The molecule has 0 aromatic heterocycles. The van der Waals surface area contributed by atoms with Crippen LogP contribution in [0, 0.1) is 0 Å². The molecule has 1 fully saturated rings. The van der Waals surface area contributed by atoms with E-state index in [0.717, 1.165) is 19.3 Å². The van der Waals surface area contributed by atoms with E-state index in [9.17, 15) is 4.79 Å². The molecule has 1 rings (SSSR count). The summed E-state index contributed by atoms with van der Waals surface area (Å²) in [4.78, 5) is 10.5. The Hall–Kier alpha value is -0.730. The van der Waals surface area contributed by atoms with Crippen LogP contribution in [0.2, 0.25) is 0 Å². The van der Waals surface area contributed by atoms with Crippen LogP contribution in [-0.4, -0.2) is 18.7 Å². The molecule has 0 saturated carbocycles. The second-order valence-corrected chi connectivity index (χ2v) is 2.55. The molecule has 1 aliphatic rings. The van der Waals surface area contributed by atoms with E-state index in [0.29, 0.717) is 6.54 Å². The molecule has 60 valence electrons. The van der Waals surface area contributed by atoms with Crippen molar-refractivity contribution in [2.75, 3.05) is 6.54 Å². The number of ether oxygens (including phenoxy) is 1. The molecule has 1 heterocycles. The lowest BCUT2D eigenvalue weighted by atomic mass is 10.2. The number of hydrogen-bond acceptors (Lipinski definition) is 2. The second kappa shape index (κ2) is 3.44. The Morgan fingerprint density at radius 2 is 2.70 bits per heavy atom. The maximum absolute atomic E-state index is 10.5. The van der Waals surface area contributed by atoms with Gasteiger partial charge < -0.3 is 10.1 Å².